The maximum Gasteiger partial charge on any atom is 0.163 e. The minimum atomic E-state index is 0.708. The number of hydrogen-bond acceptors (Lipinski definition) is 5. The molecule has 6 heteroatoms. The molecular weight excluding hydrogens is 288 g/mol. The van der Waals surface area contributed by atoms with Crippen molar-refractivity contribution >= 4 is 16.9 Å². The third-order valence-corrected chi connectivity index (χ3v) is 3.96. The number of aromatic nitrogens is 5. The average molecular weight is 310 g/mol. The van der Waals surface area contributed by atoms with Gasteiger partial charge in [-0.1, -0.05) is 13.0 Å². The molecule has 3 rings (SSSR count). The van der Waals surface area contributed by atoms with Gasteiger partial charge >= 0.3 is 0 Å². The standard InChI is InChI=1S/C17H22N6/c1-5-7-15-20-16(13-10-19-23(4)17(13)21-15)22(3)11-14-12(2)8-6-9-18-14/h6,8-10H,5,7,11H2,1-4H3. The summed E-state index contributed by atoms with van der Waals surface area (Å²) in [6, 6.07) is 4.04. The van der Waals surface area contributed by atoms with Gasteiger partial charge in [0.25, 0.3) is 0 Å². The summed E-state index contributed by atoms with van der Waals surface area (Å²) in [5.74, 6) is 1.78. The molecule has 0 aliphatic heterocycles. The van der Waals surface area contributed by atoms with E-state index in [1.165, 1.54) is 5.56 Å². The van der Waals surface area contributed by atoms with E-state index in [1.807, 2.05) is 32.6 Å². The van der Waals surface area contributed by atoms with Crippen molar-refractivity contribution in [1.29, 1.82) is 0 Å². The van der Waals surface area contributed by atoms with Crippen molar-refractivity contribution in [3.8, 4) is 0 Å². The van der Waals surface area contributed by atoms with Gasteiger partial charge < -0.3 is 4.90 Å². The summed E-state index contributed by atoms with van der Waals surface area (Å²) in [4.78, 5) is 16.0. The van der Waals surface area contributed by atoms with Gasteiger partial charge in [-0.15, -0.1) is 0 Å². The van der Waals surface area contributed by atoms with Crippen LogP contribution in [0.25, 0.3) is 11.0 Å². The molecule has 0 amide bonds. The Bertz CT molecular complexity index is 823. The third kappa shape index (κ3) is 3.02. The van der Waals surface area contributed by atoms with E-state index in [2.05, 4.69) is 39.9 Å². The first-order valence-electron chi connectivity index (χ1n) is 7.90. The SMILES string of the molecule is CCCc1nc(N(C)Cc2ncccc2C)c2cnn(C)c2n1. The summed E-state index contributed by atoms with van der Waals surface area (Å²) in [5.41, 5.74) is 3.12. The first kappa shape index (κ1) is 15.4. The molecule has 0 saturated carbocycles. The molecule has 0 aromatic carbocycles. The van der Waals surface area contributed by atoms with E-state index in [1.54, 1.807) is 4.68 Å². The normalized spacial score (nSPS) is 11.1. The molecule has 23 heavy (non-hydrogen) atoms. The molecule has 6 nitrogen and oxygen atoms in total. The van der Waals surface area contributed by atoms with Crippen molar-refractivity contribution in [3.05, 3.63) is 41.6 Å². The second-order valence-corrected chi connectivity index (χ2v) is 5.84. The lowest BCUT2D eigenvalue weighted by Gasteiger charge is -2.20. The highest BCUT2D eigenvalue weighted by Gasteiger charge is 2.15. The number of pyridine rings is 1. The van der Waals surface area contributed by atoms with Crippen molar-refractivity contribution < 1.29 is 0 Å². The van der Waals surface area contributed by atoms with Gasteiger partial charge in [0.15, 0.2) is 5.65 Å². The summed E-state index contributed by atoms with van der Waals surface area (Å²) >= 11 is 0. The Hall–Kier alpha value is -2.50. The maximum absolute atomic E-state index is 4.76. The molecule has 0 N–H and O–H groups in total. The summed E-state index contributed by atoms with van der Waals surface area (Å²) in [6.45, 7) is 4.93. The highest BCUT2D eigenvalue weighted by Crippen LogP contribution is 2.24. The molecular formula is C17H22N6. The van der Waals surface area contributed by atoms with E-state index in [0.717, 1.165) is 41.2 Å². The summed E-state index contributed by atoms with van der Waals surface area (Å²) in [6.07, 6.45) is 5.55. The van der Waals surface area contributed by atoms with Crippen LogP contribution in [0, 0.1) is 6.92 Å². The second-order valence-electron chi connectivity index (χ2n) is 5.84. The van der Waals surface area contributed by atoms with E-state index in [0.29, 0.717) is 6.54 Å². The fourth-order valence-corrected chi connectivity index (χ4v) is 2.66. The molecule has 3 aromatic heterocycles. The first-order chi connectivity index (χ1) is 11.1. The van der Waals surface area contributed by atoms with Crippen molar-refractivity contribution in [2.75, 3.05) is 11.9 Å². The molecule has 3 aromatic rings. The lowest BCUT2D eigenvalue weighted by Crippen LogP contribution is -2.20. The summed E-state index contributed by atoms with van der Waals surface area (Å²) < 4.78 is 1.81. The fourth-order valence-electron chi connectivity index (χ4n) is 2.66. The molecule has 0 fully saturated rings. The van der Waals surface area contributed by atoms with Crippen LogP contribution in [-0.4, -0.2) is 31.8 Å². The Morgan fingerprint density at radius 1 is 1.26 bits per heavy atom. The molecule has 0 saturated heterocycles. The monoisotopic (exact) mass is 310 g/mol. The highest BCUT2D eigenvalue weighted by atomic mass is 15.3. The molecule has 0 atom stereocenters. The van der Waals surface area contributed by atoms with Crippen LogP contribution in [0.5, 0.6) is 0 Å². The third-order valence-electron chi connectivity index (χ3n) is 3.96. The van der Waals surface area contributed by atoms with Crippen LogP contribution in [0.1, 0.15) is 30.4 Å². The minimum Gasteiger partial charge on any atom is -0.353 e. The lowest BCUT2D eigenvalue weighted by atomic mass is 10.2. The van der Waals surface area contributed by atoms with Gasteiger partial charge in [-0.25, -0.2) is 9.97 Å². The zero-order valence-electron chi connectivity index (χ0n) is 14.1. The van der Waals surface area contributed by atoms with Crippen LogP contribution >= 0.6 is 0 Å². The van der Waals surface area contributed by atoms with Crippen LogP contribution in [0.2, 0.25) is 0 Å². The molecule has 0 spiro atoms. The smallest absolute Gasteiger partial charge is 0.163 e. The predicted molar refractivity (Wildman–Crippen MR) is 91.4 cm³/mol. The molecule has 120 valence electrons. The Balaban J connectivity index is 2.02. The number of fused-ring (bicyclic) bond motifs is 1. The van der Waals surface area contributed by atoms with Crippen LogP contribution in [-0.2, 0) is 20.0 Å². The quantitative estimate of drug-likeness (QED) is 0.725. The van der Waals surface area contributed by atoms with Gasteiger partial charge in [0, 0.05) is 26.7 Å². The Morgan fingerprint density at radius 3 is 2.83 bits per heavy atom. The van der Waals surface area contributed by atoms with Crippen LogP contribution in [0.4, 0.5) is 5.82 Å². The Morgan fingerprint density at radius 2 is 2.09 bits per heavy atom. The molecule has 0 unspecified atom stereocenters. The maximum atomic E-state index is 4.76. The van der Waals surface area contributed by atoms with Crippen molar-refractivity contribution in [2.24, 2.45) is 7.05 Å². The Labute approximate surface area is 136 Å². The van der Waals surface area contributed by atoms with Crippen LogP contribution < -0.4 is 4.90 Å². The van der Waals surface area contributed by atoms with Gasteiger partial charge in [0.2, 0.25) is 0 Å². The van der Waals surface area contributed by atoms with Gasteiger partial charge in [0.05, 0.1) is 23.8 Å². The molecule has 3 heterocycles. The van der Waals surface area contributed by atoms with Gasteiger partial charge in [0.1, 0.15) is 11.6 Å². The lowest BCUT2D eigenvalue weighted by molar-refractivity contribution is 0.768. The summed E-state index contributed by atoms with van der Waals surface area (Å²) in [7, 11) is 3.95. The van der Waals surface area contributed by atoms with Crippen LogP contribution in [0.3, 0.4) is 0 Å². The van der Waals surface area contributed by atoms with Crippen LogP contribution in [0.15, 0.2) is 24.5 Å². The highest BCUT2D eigenvalue weighted by molar-refractivity contribution is 5.86. The van der Waals surface area contributed by atoms with E-state index in [-0.39, 0.29) is 0 Å². The first-order valence-corrected chi connectivity index (χ1v) is 7.90. The molecule has 0 aliphatic carbocycles. The van der Waals surface area contributed by atoms with Gasteiger partial charge in [-0.3, -0.25) is 9.67 Å². The molecule has 0 radical (unpaired) electrons. The van der Waals surface area contributed by atoms with Gasteiger partial charge in [-0.05, 0) is 25.0 Å². The topological polar surface area (TPSA) is 59.7 Å². The second kappa shape index (κ2) is 6.32. The van der Waals surface area contributed by atoms with Crippen molar-refractivity contribution in [1.82, 2.24) is 24.7 Å². The van der Waals surface area contributed by atoms with Gasteiger partial charge in [-0.2, -0.15) is 5.10 Å². The average Bonchev–Trinajstić information content (AvgIpc) is 2.91. The van der Waals surface area contributed by atoms with E-state index in [4.69, 9.17) is 4.98 Å². The Kier molecular flexibility index (Phi) is 4.23. The minimum absolute atomic E-state index is 0.708. The van der Waals surface area contributed by atoms with Crippen molar-refractivity contribution in [3.63, 3.8) is 0 Å². The predicted octanol–water partition coefficient (Wildman–Crippen LogP) is 2.66. The fraction of sp³-hybridized carbons (Fsp3) is 0.412. The largest absolute Gasteiger partial charge is 0.353 e. The van der Waals surface area contributed by atoms with E-state index in [9.17, 15) is 0 Å². The van der Waals surface area contributed by atoms with E-state index >= 15 is 0 Å². The zero-order valence-corrected chi connectivity index (χ0v) is 14.1. The number of nitrogens with zero attached hydrogens (tertiary/aromatic N) is 6. The number of anilines is 1. The number of rotatable bonds is 5. The zero-order chi connectivity index (χ0) is 16.4. The molecule has 0 bridgehead atoms. The number of hydrogen-bond donors (Lipinski definition) is 0. The summed E-state index contributed by atoms with van der Waals surface area (Å²) in [5, 5.41) is 5.31. The molecule has 0 aliphatic rings. The van der Waals surface area contributed by atoms with E-state index < -0.39 is 0 Å². The number of aryl methyl sites for hydroxylation is 3. The van der Waals surface area contributed by atoms with Crippen molar-refractivity contribution in [2.45, 2.75) is 33.2 Å².